The van der Waals surface area contributed by atoms with Crippen LogP contribution >= 0.6 is 0 Å². The quantitative estimate of drug-likeness (QED) is 0.466. The third kappa shape index (κ3) is 1.25. The van der Waals surface area contributed by atoms with Gasteiger partial charge in [0.15, 0.2) is 5.60 Å². The number of carbonyl (C=O) groups is 1. The van der Waals surface area contributed by atoms with Crippen LogP contribution in [0.2, 0.25) is 0 Å². The fourth-order valence-corrected chi connectivity index (χ4v) is 2.29. The van der Waals surface area contributed by atoms with E-state index in [1.807, 2.05) is 6.92 Å². The first kappa shape index (κ1) is 9.93. The second kappa shape index (κ2) is 3.21. The van der Waals surface area contributed by atoms with Crippen LogP contribution in [0.3, 0.4) is 0 Å². The molecule has 0 aromatic heterocycles. The summed E-state index contributed by atoms with van der Waals surface area (Å²) < 4.78 is 15.7. The minimum absolute atomic E-state index is 0.264. The summed E-state index contributed by atoms with van der Waals surface area (Å²) in [4.78, 5) is 11.5. The molecule has 1 spiro atoms. The smallest absolute Gasteiger partial charge is 0.340 e. The molecule has 2 fully saturated rings. The molecule has 2 rings (SSSR count). The molecular weight excluding hydrogens is 184 g/mol. The Balaban J connectivity index is 2.09. The number of epoxide rings is 1. The Morgan fingerprint density at radius 3 is 2.86 bits per heavy atom. The van der Waals surface area contributed by atoms with Crippen molar-refractivity contribution in [2.45, 2.75) is 37.4 Å². The number of rotatable bonds is 1. The van der Waals surface area contributed by atoms with Crippen LogP contribution in [0.4, 0.5) is 0 Å². The molecule has 80 valence electrons. The lowest BCUT2D eigenvalue weighted by molar-refractivity contribution is -0.146. The fraction of sp³-hybridized carbons (Fsp3) is 0.900. The number of carbonyl (C=O) groups excluding carboxylic acids is 1. The highest BCUT2D eigenvalue weighted by atomic mass is 16.7. The van der Waals surface area contributed by atoms with Gasteiger partial charge in [-0.1, -0.05) is 0 Å². The molecule has 0 aromatic carbocycles. The molecule has 0 bridgehead atoms. The van der Waals surface area contributed by atoms with Crippen LogP contribution in [-0.4, -0.2) is 37.5 Å². The molecule has 0 N–H and O–H groups in total. The van der Waals surface area contributed by atoms with Crippen molar-refractivity contribution in [2.24, 2.45) is 0 Å². The predicted octanol–water partition coefficient (Wildman–Crippen LogP) is 0.888. The highest BCUT2D eigenvalue weighted by molar-refractivity contribution is 5.84. The summed E-state index contributed by atoms with van der Waals surface area (Å²) in [5, 5.41) is 0. The maximum Gasteiger partial charge on any atom is 0.340 e. The molecule has 4 nitrogen and oxygen atoms in total. The highest BCUT2D eigenvalue weighted by Gasteiger charge is 2.71. The van der Waals surface area contributed by atoms with E-state index in [2.05, 4.69) is 0 Å². The van der Waals surface area contributed by atoms with Gasteiger partial charge in [-0.3, -0.25) is 0 Å². The normalized spacial score (nSPS) is 41.9. The Morgan fingerprint density at radius 1 is 1.36 bits per heavy atom. The average Bonchev–Trinajstić information content (AvgIpc) is 2.86. The lowest BCUT2D eigenvalue weighted by Crippen LogP contribution is -2.32. The highest BCUT2D eigenvalue weighted by Crippen LogP contribution is 2.54. The van der Waals surface area contributed by atoms with Crippen LogP contribution in [0.25, 0.3) is 0 Å². The number of methoxy groups -OCH3 is 1. The van der Waals surface area contributed by atoms with Crippen LogP contribution in [0.1, 0.15) is 26.2 Å². The Labute approximate surface area is 83.5 Å². The minimum atomic E-state index is -0.727. The molecule has 0 saturated carbocycles. The van der Waals surface area contributed by atoms with E-state index in [-0.39, 0.29) is 11.6 Å². The van der Waals surface area contributed by atoms with Crippen LogP contribution in [0.15, 0.2) is 0 Å². The second-order valence-corrected chi connectivity index (χ2v) is 4.09. The summed E-state index contributed by atoms with van der Waals surface area (Å²) in [6, 6.07) is 0. The van der Waals surface area contributed by atoms with Gasteiger partial charge in [0.25, 0.3) is 0 Å². The third-order valence-electron chi connectivity index (χ3n) is 3.32. The summed E-state index contributed by atoms with van der Waals surface area (Å²) >= 11 is 0. The lowest BCUT2D eigenvalue weighted by Gasteiger charge is -2.11. The van der Waals surface area contributed by atoms with Crippen molar-refractivity contribution in [3.05, 3.63) is 0 Å². The van der Waals surface area contributed by atoms with Crippen molar-refractivity contribution in [1.29, 1.82) is 0 Å². The van der Waals surface area contributed by atoms with Gasteiger partial charge in [-0.15, -0.1) is 0 Å². The van der Waals surface area contributed by atoms with Crippen LogP contribution in [-0.2, 0) is 19.0 Å². The van der Waals surface area contributed by atoms with Gasteiger partial charge >= 0.3 is 5.97 Å². The summed E-state index contributed by atoms with van der Waals surface area (Å²) in [6.07, 6.45) is 2.63. The van der Waals surface area contributed by atoms with Gasteiger partial charge in [-0.05, 0) is 19.8 Å². The maximum absolute atomic E-state index is 11.5. The van der Waals surface area contributed by atoms with Gasteiger partial charge in [-0.2, -0.15) is 0 Å². The number of hydrogen-bond acceptors (Lipinski definition) is 4. The van der Waals surface area contributed by atoms with Crippen molar-refractivity contribution in [3.8, 4) is 0 Å². The van der Waals surface area contributed by atoms with Gasteiger partial charge in [0, 0.05) is 19.6 Å². The lowest BCUT2D eigenvalue weighted by atomic mass is 9.88. The van der Waals surface area contributed by atoms with E-state index >= 15 is 0 Å². The van der Waals surface area contributed by atoms with Gasteiger partial charge in [0.2, 0.25) is 0 Å². The van der Waals surface area contributed by atoms with E-state index in [9.17, 15) is 4.79 Å². The molecule has 0 amide bonds. The molecule has 0 aromatic rings. The van der Waals surface area contributed by atoms with Crippen molar-refractivity contribution >= 4 is 5.97 Å². The molecule has 0 aliphatic carbocycles. The minimum Gasteiger partial charge on any atom is -0.467 e. The molecule has 2 atom stereocenters. The summed E-state index contributed by atoms with van der Waals surface area (Å²) in [5.74, 6) is -0.264. The van der Waals surface area contributed by atoms with Crippen molar-refractivity contribution in [3.63, 3.8) is 0 Å². The van der Waals surface area contributed by atoms with Crippen LogP contribution in [0, 0.1) is 0 Å². The average molecular weight is 200 g/mol. The third-order valence-corrected chi connectivity index (χ3v) is 3.32. The largest absolute Gasteiger partial charge is 0.467 e. The molecule has 2 aliphatic rings. The van der Waals surface area contributed by atoms with E-state index < -0.39 is 5.60 Å². The summed E-state index contributed by atoms with van der Waals surface area (Å²) in [7, 11) is 1.40. The SMILES string of the molecule is COC(=O)C1(C)OC12CCCOCC2. The van der Waals surface area contributed by atoms with Crippen LogP contribution < -0.4 is 0 Å². The summed E-state index contributed by atoms with van der Waals surface area (Å²) in [5.41, 5.74) is -1.04. The number of hydrogen-bond donors (Lipinski definition) is 0. The second-order valence-electron chi connectivity index (χ2n) is 4.09. The Kier molecular flexibility index (Phi) is 2.27. The first-order valence-electron chi connectivity index (χ1n) is 5.01. The number of esters is 1. The standard InChI is InChI=1S/C10H16O4/c1-9(8(11)12-2)10(14-9)4-3-6-13-7-5-10/h3-7H2,1-2H3. The van der Waals surface area contributed by atoms with E-state index in [0.717, 1.165) is 25.9 Å². The molecule has 2 aliphatic heterocycles. The Bertz CT molecular complexity index is 243. The monoisotopic (exact) mass is 200 g/mol. The zero-order valence-electron chi connectivity index (χ0n) is 8.67. The Morgan fingerprint density at radius 2 is 2.14 bits per heavy atom. The summed E-state index contributed by atoms with van der Waals surface area (Å²) in [6.45, 7) is 3.25. The maximum atomic E-state index is 11.5. The zero-order valence-corrected chi connectivity index (χ0v) is 8.67. The van der Waals surface area contributed by atoms with Crippen molar-refractivity contribution in [2.75, 3.05) is 20.3 Å². The van der Waals surface area contributed by atoms with Crippen molar-refractivity contribution in [1.82, 2.24) is 0 Å². The van der Waals surface area contributed by atoms with Crippen LogP contribution in [0.5, 0.6) is 0 Å². The first-order valence-corrected chi connectivity index (χ1v) is 5.01. The molecular formula is C10H16O4. The molecule has 4 heteroatoms. The Hall–Kier alpha value is -0.610. The zero-order chi connectivity index (χ0) is 10.2. The van der Waals surface area contributed by atoms with Crippen molar-refractivity contribution < 1.29 is 19.0 Å². The van der Waals surface area contributed by atoms with Gasteiger partial charge < -0.3 is 14.2 Å². The van der Waals surface area contributed by atoms with E-state index in [0.29, 0.717) is 6.61 Å². The van der Waals surface area contributed by atoms with E-state index in [1.165, 1.54) is 7.11 Å². The van der Waals surface area contributed by atoms with Gasteiger partial charge in [0.1, 0.15) is 5.60 Å². The van der Waals surface area contributed by atoms with E-state index in [4.69, 9.17) is 14.2 Å². The predicted molar refractivity (Wildman–Crippen MR) is 48.9 cm³/mol. The van der Waals surface area contributed by atoms with E-state index in [1.54, 1.807) is 0 Å². The number of ether oxygens (including phenoxy) is 3. The topological polar surface area (TPSA) is 48.1 Å². The molecule has 2 unspecified atom stereocenters. The molecule has 14 heavy (non-hydrogen) atoms. The first-order chi connectivity index (χ1) is 6.65. The molecule has 0 radical (unpaired) electrons. The fourth-order valence-electron chi connectivity index (χ4n) is 2.29. The van der Waals surface area contributed by atoms with Gasteiger partial charge in [-0.25, -0.2) is 4.79 Å². The van der Waals surface area contributed by atoms with Gasteiger partial charge in [0.05, 0.1) is 7.11 Å². The molecule has 2 heterocycles. The molecule has 2 saturated heterocycles.